The lowest BCUT2D eigenvalue weighted by Crippen LogP contribution is -2.47. The average Bonchev–Trinajstić information content (AvgIpc) is 2.62. The highest BCUT2D eigenvalue weighted by atomic mass is 28.4. The normalized spacial score (nSPS) is 17.2. The van der Waals surface area contributed by atoms with Crippen LogP contribution in [0.25, 0.3) is 0 Å². The summed E-state index contributed by atoms with van der Waals surface area (Å²) in [5, 5.41) is 0.363. The first-order valence-electron chi connectivity index (χ1n) is 12.6. The first-order valence-corrected chi connectivity index (χ1v) is 18.4. The third kappa shape index (κ3) is 11.5. The first-order chi connectivity index (χ1) is 14.8. The Kier molecular flexibility index (Phi) is 12.5. The molecule has 0 amide bonds. The van der Waals surface area contributed by atoms with Crippen molar-refractivity contribution in [3.8, 4) is 0 Å². The highest BCUT2D eigenvalue weighted by Gasteiger charge is 2.41. The van der Waals surface area contributed by atoms with Gasteiger partial charge in [0.2, 0.25) is 0 Å². The summed E-state index contributed by atoms with van der Waals surface area (Å²) >= 11 is 0. The first kappa shape index (κ1) is 32.2. The molecule has 0 heterocycles. The molecule has 0 N–H and O–H groups in total. The van der Waals surface area contributed by atoms with Gasteiger partial charge in [-0.15, -0.1) is 0 Å². The van der Waals surface area contributed by atoms with Crippen molar-refractivity contribution in [3.05, 3.63) is 34.9 Å². The van der Waals surface area contributed by atoms with Gasteiger partial charge in [-0.25, -0.2) is 0 Å². The van der Waals surface area contributed by atoms with Gasteiger partial charge in [-0.1, -0.05) is 77.8 Å². The fraction of sp³-hybridized carbons (Fsp3) is 0.750. The molecule has 3 nitrogen and oxygen atoms in total. The van der Waals surface area contributed by atoms with Gasteiger partial charge in [-0.3, -0.25) is 4.79 Å². The third-order valence-corrected chi connectivity index (χ3v) is 16.4. The minimum atomic E-state index is -1.91. The Bertz CT molecular complexity index is 716. The summed E-state index contributed by atoms with van der Waals surface area (Å²) in [4.78, 5) is 10.9. The van der Waals surface area contributed by atoms with Crippen molar-refractivity contribution >= 4 is 22.9 Å². The molecule has 33 heavy (non-hydrogen) atoms. The molecule has 0 unspecified atom stereocenters. The molecule has 0 aliphatic rings. The molecule has 0 fully saturated rings. The van der Waals surface area contributed by atoms with Crippen LogP contribution < -0.4 is 0 Å². The monoisotopic (exact) mass is 494 g/mol. The van der Waals surface area contributed by atoms with E-state index in [9.17, 15) is 4.79 Å². The van der Waals surface area contributed by atoms with Gasteiger partial charge < -0.3 is 8.85 Å². The van der Waals surface area contributed by atoms with Gasteiger partial charge in [-0.2, -0.15) is 0 Å². The van der Waals surface area contributed by atoms with Crippen LogP contribution in [0.2, 0.25) is 36.3 Å². The number of allylic oxidation sites excluding steroid dienone is 5. The van der Waals surface area contributed by atoms with E-state index < -0.39 is 16.6 Å². The summed E-state index contributed by atoms with van der Waals surface area (Å²) in [5.74, 6) is 0. The van der Waals surface area contributed by atoms with Gasteiger partial charge >= 0.3 is 0 Å². The number of carbonyl (C=O) groups is 1. The number of aldehydes is 1. The summed E-state index contributed by atoms with van der Waals surface area (Å²) < 4.78 is 13.7. The lowest BCUT2D eigenvalue weighted by Gasteiger charge is -2.42. The zero-order valence-electron chi connectivity index (χ0n) is 24.3. The maximum Gasteiger partial charge on any atom is 0.192 e. The molecule has 0 aliphatic carbocycles. The van der Waals surface area contributed by atoms with Crippen LogP contribution in [0, 0.1) is 0 Å². The molecule has 0 spiro atoms. The number of carbonyl (C=O) groups excluding carboxylic acids is 1. The maximum absolute atomic E-state index is 10.9. The number of hydrogen-bond acceptors (Lipinski definition) is 3. The molecule has 0 radical (unpaired) electrons. The van der Waals surface area contributed by atoms with Gasteiger partial charge in [0.05, 0.1) is 6.10 Å². The van der Waals surface area contributed by atoms with Crippen LogP contribution in [-0.4, -0.2) is 35.1 Å². The Labute approximate surface area is 208 Å². The molecule has 0 aromatic carbocycles. The molecule has 0 aliphatic heterocycles. The lowest BCUT2D eigenvalue weighted by atomic mass is 10.0. The molecule has 0 saturated heterocycles. The Balaban J connectivity index is 5.78. The highest BCUT2D eigenvalue weighted by molar-refractivity contribution is 6.74. The molecule has 0 rings (SSSR count). The summed E-state index contributed by atoms with van der Waals surface area (Å²) in [5.41, 5.74) is 3.02. The Morgan fingerprint density at radius 2 is 1.18 bits per heavy atom. The quantitative estimate of drug-likeness (QED) is 0.117. The molecule has 192 valence electrons. The van der Waals surface area contributed by atoms with Crippen LogP contribution >= 0.6 is 0 Å². The second-order valence-electron chi connectivity index (χ2n) is 12.7. The zero-order chi connectivity index (χ0) is 26.3. The maximum atomic E-state index is 10.9. The molecular formula is C28H54O3Si2. The van der Waals surface area contributed by atoms with E-state index in [4.69, 9.17) is 8.85 Å². The molecule has 0 aromatic rings. The van der Waals surface area contributed by atoms with Crippen LogP contribution in [0.5, 0.6) is 0 Å². The predicted octanol–water partition coefficient (Wildman–Crippen LogP) is 9.00. The Hall–Kier alpha value is -0.756. The summed E-state index contributed by atoms with van der Waals surface area (Å²) in [6.45, 7) is 31.4. The Morgan fingerprint density at radius 1 is 0.758 bits per heavy atom. The SMILES string of the molecule is CC[C@@H](C[C@@H](C/C=C(C)/C=C(C)/C=C(\C)C=O)O[Si](C)(C)C(C)(C)C)O[Si](C)(C)C(C)(C)C. The average molecular weight is 495 g/mol. The minimum Gasteiger partial charge on any atom is -0.414 e. The van der Waals surface area contributed by atoms with Crippen LogP contribution in [-0.2, 0) is 13.6 Å². The van der Waals surface area contributed by atoms with Gasteiger partial charge in [0, 0.05) is 6.10 Å². The van der Waals surface area contributed by atoms with Crippen LogP contribution in [0.4, 0.5) is 0 Å². The van der Waals surface area contributed by atoms with E-state index in [0.717, 1.165) is 36.7 Å². The molecular weight excluding hydrogens is 440 g/mol. The van der Waals surface area contributed by atoms with Crippen molar-refractivity contribution in [1.29, 1.82) is 0 Å². The third-order valence-electron chi connectivity index (χ3n) is 7.32. The molecule has 2 atom stereocenters. The van der Waals surface area contributed by atoms with Crippen molar-refractivity contribution in [2.75, 3.05) is 0 Å². The molecule has 0 saturated carbocycles. The van der Waals surface area contributed by atoms with E-state index >= 15 is 0 Å². The van der Waals surface area contributed by atoms with E-state index in [-0.39, 0.29) is 22.3 Å². The molecule has 0 bridgehead atoms. The number of hydrogen-bond donors (Lipinski definition) is 0. The fourth-order valence-electron chi connectivity index (χ4n) is 3.14. The molecule has 0 aromatic heterocycles. The van der Waals surface area contributed by atoms with Gasteiger partial charge in [0.15, 0.2) is 16.6 Å². The minimum absolute atomic E-state index is 0.136. The van der Waals surface area contributed by atoms with Crippen LogP contribution in [0.15, 0.2) is 34.9 Å². The highest BCUT2D eigenvalue weighted by Crippen LogP contribution is 2.40. The predicted molar refractivity (Wildman–Crippen MR) is 151 cm³/mol. The second kappa shape index (κ2) is 12.8. The smallest absolute Gasteiger partial charge is 0.192 e. The summed E-state index contributed by atoms with van der Waals surface area (Å²) in [7, 11) is -3.75. The summed E-state index contributed by atoms with van der Waals surface area (Å²) in [6.07, 6.45) is 10.4. The van der Waals surface area contributed by atoms with Crippen LogP contribution in [0.1, 0.15) is 88.5 Å². The van der Waals surface area contributed by atoms with Gasteiger partial charge in [-0.05, 0) is 81.9 Å². The van der Waals surface area contributed by atoms with E-state index in [1.807, 2.05) is 19.9 Å². The van der Waals surface area contributed by atoms with E-state index in [0.29, 0.717) is 0 Å². The van der Waals surface area contributed by atoms with Gasteiger partial charge in [0.25, 0.3) is 0 Å². The second-order valence-corrected chi connectivity index (χ2v) is 22.2. The fourth-order valence-corrected chi connectivity index (χ4v) is 5.97. The lowest BCUT2D eigenvalue weighted by molar-refractivity contribution is -0.104. The van der Waals surface area contributed by atoms with Gasteiger partial charge in [0.1, 0.15) is 6.29 Å². The van der Waals surface area contributed by atoms with Crippen molar-refractivity contribution in [3.63, 3.8) is 0 Å². The van der Waals surface area contributed by atoms with E-state index in [1.165, 1.54) is 5.57 Å². The zero-order valence-corrected chi connectivity index (χ0v) is 26.3. The van der Waals surface area contributed by atoms with Crippen molar-refractivity contribution in [1.82, 2.24) is 0 Å². The standard InChI is InChI=1S/C28H54O3Si2/c1-15-25(30-32(11,12)27(5,6)7)20-26(31-33(13,14)28(8,9)10)17-16-22(2)18-23(3)19-24(4)21-29/h16,18-19,21,25-26H,15,17,20H2,1-14H3/b22-16+,23-18+,24-19+/t25-,26+/m0/s1. The van der Waals surface area contributed by atoms with E-state index in [1.54, 1.807) is 0 Å². The van der Waals surface area contributed by atoms with E-state index in [2.05, 4.69) is 93.7 Å². The van der Waals surface area contributed by atoms with Crippen molar-refractivity contribution in [2.24, 2.45) is 0 Å². The summed E-state index contributed by atoms with van der Waals surface area (Å²) in [6, 6.07) is 0. The Morgan fingerprint density at radius 3 is 1.58 bits per heavy atom. The van der Waals surface area contributed by atoms with Crippen LogP contribution in [0.3, 0.4) is 0 Å². The number of rotatable bonds is 12. The largest absolute Gasteiger partial charge is 0.414 e. The topological polar surface area (TPSA) is 35.5 Å². The molecule has 5 heteroatoms. The van der Waals surface area contributed by atoms with Crippen molar-refractivity contribution in [2.45, 2.75) is 137 Å². The van der Waals surface area contributed by atoms with Crippen molar-refractivity contribution < 1.29 is 13.6 Å².